The van der Waals surface area contributed by atoms with E-state index in [2.05, 4.69) is 10.1 Å². The van der Waals surface area contributed by atoms with Gasteiger partial charge in [-0.3, -0.25) is 0 Å². The summed E-state index contributed by atoms with van der Waals surface area (Å²) in [7, 11) is 0. The van der Waals surface area contributed by atoms with Crippen LogP contribution in [0.25, 0.3) is 0 Å². The molecule has 1 aliphatic rings. The van der Waals surface area contributed by atoms with Crippen LogP contribution in [-0.4, -0.2) is 10.1 Å². The van der Waals surface area contributed by atoms with Crippen LogP contribution in [0.5, 0.6) is 0 Å². The van der Waals surface area contributed by atoms with Gasteiger partial charge in [-0.25, -0.2) is 0 Å². The number of nitrogens with two attached hydrogens (primary N) is 1. The van der Waals surface area contributed by atoms with Crippen LogP contribution in [-0.2, 0) is 0 Å². The van der Waals surface area contributed by atoms with Gasteiger partial charge in [0.25, 0.3) is 0 Å². The zero-order valence-electron chi connectivity index (χ0n) is 10.4. The van der Waals surface area contributed by atoms with Crippen LogP contribution in [0.2, 0.25) is 0 Å². The summed E-state index contributed by atoms with van der Waals surface area (Å²) >= 11 is 0. The molecule has 4 heteroatoms. The first-order valence-corrected chi connectivity index (χ1v) is 6.39. The van der Waals surface area contributed by atoms with Crippen LogP contribution in [0.15, 0.2) is 34.9 Å². The Morgan fingerprint density at radius 1 is 1.28 bits per heavy atom. The number of aromatic nitrogens is 2. The quantitative estimate of drug-likeness (QED) is 0.896. The van der Waals surface area contributed by atoms with Crippen molar-refractivity contribution in [2.75, 3.05) is 0 Å². The Balaban J connectivity index is 1.78. The maximum absolute atomic E-state index is 6.24. The molecule has 0 spiro atoms. The molecule has 18 heavy (non-hydrogen) atoms. The Hall–Kier alpha value is -1.68. The molecule has 0 aliphatic heterocycles. The number of rotatable bonds is 4. The van der Waals surface area contributed by atoms with Crippen molar-refractivity contribution in [3.8, 4) is 0 Å². The summed E-state index contributed by atoms with van der Waals surface area (Å²) in [6.07, 6.45) is 2.36. The summed E-state index contributed by atoms with van der Waals surface area (Å²) in [5.74, 6) is 2.04. The van der Waals surface area contributed by atoms with Crippen molar-refractivity contribution in [3.05, 3.63) is 47.6 Å². The topological polar surface area (TPSA) is 64.9 Å². The van der Waals surface area contributed by atoms with Gasteiger partial charge < -0.3 is 10.3 Å². The number of hydrogen-bond acceptors (Lipinski definition) is 4. The molecule has 2 N–H and O–H groups in total. The van der Waals surface area contributed by atoms with Gasteiger partial charge in [0.05, 0.1) is 5.92 Å². The van der Waals surface area contributed by atoms with Crippen molar-refractivity contribution in [1.82, 2.24) is 10.1 Å². The van der Waals surface area contributed by atoms with E-state index < -0.39 is 0 Å². The number of benzene rings is 1. The predicted octanol–water partition coefficient (Wildman–Crippen LogP) is 2.75. The smallest absolute Gasteiger partial charge is 0.231 e. The van der Waals surface area contributed by atoms with Gasteiger partial charge >= 0.3 is 0 Å². The molecule has 0 radical (unpaired) electrons. The van der Waals surface area contributed by atoms with Crippen molar-refractivity contribution < 1.29 is 4.52 Å². The Kier molecular flexibility index (Phi) is 2.88. The van der Waals surface area contributed by atoms with Gasteiger partial charge in [-0.2, -0.15) is 4.98 Å². The molecule has 1 aliphatic carbocycles. The summed E-state index contributed by atoms with van der Waals surface area (Å²) < 4.78 is 5.33. The minimum Gasteiger partial charge on any atom is -0.339 e. The predicted molar refractivity (Wildman–Crippen MR) is 68.1 cm³/mol. The Bertz CT molecular complexity index is 519. The fraction of sp³-hybridized carbons (Fsp3) is 0.429. The van der Waals surface area contributed by atoms with Crippen LogP contribution in [0.3, 0.4) is 0 Å². The molecular formula is C14H17N3O. The van der Waals surface area contributed by atoms with E-state index in [1.807, 2.05) is 37.3 Å². The average molecular weight is 243 g/mol. The van der Waals surface area contributed by atoms with E-state index in [4.69, 9.17) is 10.3 Å². The van der Waals surface area contributed by atoms with Crippen molar-refractivity contribution in [2.45, 2.75) is 37.6 Å². The van der Waals surface area contributed by atoms with Crippen molar-refractivity contribution in [1.29, 1.82) is 0 Å². The molecule has 0 bridgehead atoms. The molecule has 0 saturated heterocycles. The van der Waals surface area contributed by atoms with E-state index in [9.17, 15) is 0 Å². The highest BCUT2D eigenvalue weighted by atomic mass is 16.5. The number of nitrogens with zero attached hydrogens (tertiary/aromatic N) is 2. The van der Waals surface area contributed by atoms with E-state index in [0.717, 1.165) is 11.4 Å². The van der Waals surface area contributed by atoms with Gasteiger partial charge in [0, 0.05) is 12.0 Å². The lowest BCUT2D eigenvalue weighted by molar-refractivity contribution is 0.340. The first kappa shape index (κ1) is 11.4. The fourth-order valence-corrected chi connectivity index (χ4v) is 2.06. The lowest BCUT2D eigenvalue weighted by atomic mass is 9.95. The molecule has 1 aromatic heterocycles. The van der Waals surface area contributed by atoms with Crippen molar-refractivity contribution in [2.24, 2.45) is 5.73 Å². The van der Waals surface area contributed by atoms with Gasteiger partial charge in [-0.15, -0.1) is 0 Å². The summed E-state index contributed by atoms with van der Waals surface area (Å²) in [5.41, 5.74) is 7.34. The second-order valence-corrected chi connectivity index (χ2v) is 4.99. The summed E-state index contributed by atoms with van der Waals surface area (Å²) in [4.78, 5) is 4.46. The van der Waals surface area contributed by atoms with E-state index in [1.54, 1.807) is 0 Å². The molecule has 1 aromatic carbocycles. The van der Waals surface area contributed by atoms with Crippen LogP contribution in [0.1, 0.15) is 54.9 Å². The molecule has 1 heterocycles. The highest BCUT2D eigenvalue weighted by Gasteiger charge is 2.30. The summed E-state index contributed by atoms with van der Waals surface area (Å²) in [5, 5.41) is 4.03. The van der Waals surface area contributed by atoms with Gasteiger partial charge in [0.1, 0.15) is 0 Å². The van der Waals surface area contributed by atoms with Gasteiger partial charge in [0.15, 0.2) is 5.82 Å². The van der Waals surface area contributed by atoms with Crippen LogP contribution in [0.4, 0.5) is 0 Å². The Labute approximate surface area is 106 Å². The van der Waals surface area contributed by atoms with Crippen molar-refractivity contribution >= 4 is 0 Å². The second kappa shape index (κ2) is 4.53. The zero-order chi connectivity index (χ0) is 12.5. The van der Waals surface area contributed by atoms with Crippen LogP contribution >= 0.6 is 0 Å². The molecule has 0 amide bonds. The fourth-order valence-electron chi connectivity index (χ4n) is 2.06. The lowest BCUT2D eigenvalue weighted by Crippen LogP contribution is -2.17. The largest absolute Gasteiger partial charge is 0.339 e. The second-order valence-electron chi connectivity index (χ2n) is 4.99. The van der Waals surface area contributed by atoms with E-state index in [0.29, 0.717) is 11.8 Å². The third-order valence-electron chi connectivity index (χ3n) is 3.51. The third-order valence-corrected chi connectivity index (χ3v) is 3.51. The normalized spacial score (nSPS) is 18.6. The molecule has 2 unspecified atom stereocenters. The minimum atomic E-state index is -0.112. The number of hydrogen-bond donors (Lipinski definition) is 1. The molecule has 1 fully saturated rings. The highest BCUT2D eigenvalue weighted by Crippen LogP contribution is 2.39. The molecule has 4 nitrogen and oxygen atoms in total. The average Bonchev–Trinajstić information content (AvgIpc) is 3.16. The summed E-state index contributed by atoms with van der Waals surface area (Å²) in [6.45, 7) is 2.03. The molecule has 2 aromatic rings. The monoisotopic (exact) mass is 243 g/mol. The third kappa shape index (κ3) is 2.16. The van der Waals surface area contributed by atoms with E-state index in [1.165, 1.54) is 12.8 Å². The van der Waals surface area contributed by atoms with Crippen molar-refractivity contribution in [3.63, 3.8) is 0 Å². The Morgan fingerprint density at radius 3 is 2.67 bits per heavy atom. The van der Waals surface area contributed by atoms with Crippen LogP contribution in [0, 0.1) is 0 Å². The maximum atomic E-state index is 6.24. The molecular weight excluding hydrogens is 226 g/mol. The van der Waals surface area contributed by atoms with Crippen LogP contribution < -0.4 is 5.73 Å². The van der Waals surface area contributed by atoms with Gasteiger partial charge in [0.2, 0.25) is 5.89 Å². The molecule has 2 atom stereocenters. The molecule has 3 rings (SSSR count). The highest BCUT2D eigenvalue weighted by molar-refractivity contribution is 5.21. The Morgan fingerprint density at radius 2 is 2.00 bits per heavy atom. The standard InChI is InChI=1S/C14H17N3O/c1-9(12(15)10-5-3-2-4-6-10)14-16-13(17-18-14)11-7-8-11/h2-6,9,11-12H,7-8,15H2,1H3. The maximum Gasteiger partial charge on any atom is 0.231 e. The molecule has 1 saturated carbocycles. The van der Waals surface area contributed by atoms with E-state index in [-0.39, 0.29) is 12.0 Å². The minimum absolute atomic E-state index is 0.0346. The first-order chi connectivity index (χ1) is 8.75. The lowest BCUT2D eigenvalue weighted by Gasteiger charge is -2.16. The van der Waals surface area contributed by atoms with Gasteiger partial charge in [-0.1, -0.05) is 42.4 Å². The zero-order valence-corrected chi connectivity index (χ0v) is 10.4. The SMILES string of the molecule is CC(c1nc(C2CC2)no1)C(N)c1ccccc1. The molecule has 94 valence electrons. The summed E-state index contributed by atoms with van der Waals surface area (Å²) in [6, 6.07) is 9.91. The first-order valence-electron chi connectivity index (χ1n) is 6.39. The van der Waals surface area contributed by atoms with Gasteiger partial charge in [-0.05, 0) is 18.4 Å². The van der Waals surface area contributed by atoms with E-state index >= 15 is 0 Å².